The van der Waals surface area contributed by atoms with E-state index in [-0.39, 0.29) is 5.75 Å². The minimum atomic E-state index is -0.480. The third kappa shape index (κ3) is 2.87. The van der Waals surface area contributed by atoms with E-state index in [0.717, 1.165) is 10.8 Å². The highest BCUT2D eigenvalue weighted by Gasteiger charge is 2.46. The van der Waals surface area contributed by atoms with E-state index in [2.05, 4.69) is 121 Å². The van der Waals surface area contributed by atoms with Gasteiger partial charge in [0.15, 0.2) is 0 Å². The van der Waals surface area contributed by atoms with Crippen molar-refractivity contribution in [1.29, 1.82) is 0 Å². The van der Waals surface area contributed by atoms with Crippen molar-refractivity contribution in [3.05, 3.63) is 162 Å². The minimum Gasteiger partial charge on any atom is -0.508 e. The lowest BCUT2D eigenvalue weighted by molar-refractivity contribution is 0.476. The average Bonchev–Trinajstić information content (AvgIpc) is 3.25. The maximum atomic E-state index is 10.1. The first-order chi connectivity index (χ1) is 18.7. The third-order valence-corrected chi connectivity index (χ3v) is 8.35. The minimum absolute atomic E-state index is 0.289. The first kappa shape index (κ1) is 21.2. The summed E-state index contributed by atoms with van der Waals surface area (Å²) in [6, 6.07) is 50.2. The maximum Gasteiger partial charge on any atom is 0.116 e. The zero-order chi connectivity index (χ0) is 25.3. The van der Waals surface area contributed by atoms with Crippen LogP contribution in [0, 0.1) is 0 Å². The van der Waals surface area contributed by atoms with E-state index in [1.165, 1.54) is 54.9 Å². The van der Waals surface area contributed by atoms with E-state index in [0.29, 0.717) is 0 Å². The van der Waals surface area contributed by atoms with E-state index in [1.807, 2.05) is 12.1 Å². The Bertz CT molecular complexity index is 2050. The molecule has 0 saturated heterocycles. The molecule has 1 N–H and O–H groups in total. The van der Waals surface area contributed by atoms with Gasteiger partial charge in [0.2, 0.25) is 0 Å². The van der Waals surface area contributed by atoms with E-state index in [4.69, 9.17) is 0 Å². The van der Waals surface area contributed by atoms with Crippen molar-refractivity contribution in [2.75, 3.05) is 0 Å². The van der Waals surface area contributed by atoms with Crippen LogP contribution in [0.5, 0.6) is 5.75 Å². The first-order valence-corrected chi connectivity index (χ1v) is 13.1. The molecule has 1 heteroatoms. The Morgan fingerprint density at radius 2 is 0.895 bits per heavy atom. The van der Waals surface area contributed by atoms with Crippen LogP contribution >= 0.6 is 0 Å². The molecular weight excluding hydrogens is 460 g/mol. The summed E-state index contributed by atoms with van der Waals surface area (Å²) in [6.07, 6.45) is 0. The molecule has 0 fully saturated rings. The predicted molar refractivity (Wildman–Crippen MR) is 158 cm³/mol. The second-order valence-corrected chi connectivity index (χ2v) is 10.3. The lowest BCUT2D eigenvalue weighted by Gasteiger charge is -2.34. The monoisotopic (exact) mass is 484 g/mol. The van der Waals surface area contributed by atoms with Crippen LogP contribution in [0.4, 0.5) is 0 Å². The van der Waals surface area contributed by atoms with Gasteiger partial charge < -0.3 is 5.11 Å². The molecule has 0 radical (unpaired) electrons. The molecule has 0 saturated carbocycles. The summed E-state index contributed by atoms with van der Waals surface area (Å²) < 4.78 is 0. The zero-order valence-electron chi connectivity index (χ0n) is 20.7. The summed E-state index contributed by atoms with van der Waals surface area (Å²) >= 11 is 0. The van der Waals surface area contributed by atoms with Gasteiger partial charge in [-0.3, -0.25) is 0 Å². The molecule has 1 nitrogen and oxygen atoms in total. The summed E-state index contributed by atoms with van der Waals surface area (Å²) in [4.78, 5) is 0. The number of aromatic hydroxyl groups is 1. The summed E-state index contributed by atoms with van der Waals surface area (Å²) in [6.45, 7) is 0. The Balaban J connectivity index is 1.55. The van der Waals surface area contributed by atoms with Gasteiger partial charge in [-0.15, -0.1) is 0 Å². The van der Waals surface area contributed by atoms with Crippen molar-refractivity contribution in [2.24, 2.45) is 0 Å². The molecule has 1 atom stereocenters. The molecule has 1 aliphatic carbocycles. The van der Waals surface area contributed by atoms with Gasteiger partial charge in [-0.05, 0) is 102 Å². The molecule has 0 spiro atoms. The Hall–Kier alpha value is -4.88. The van der Waals surface area contributed by atoms with Crippen molar-refractivity contribution in [2.45, 2.75) is 5.41 Å². The highest BCUT2D eigenvalue weighted by Crippen LogP contribution is 2.57. The lowest BCUT2D eigenvalue weighted by Crippen LogP contribution is -2.28. The molecule has 7 aromatic carbocycles. The summed E-state index contributed by atoms with van der Waals surface area (Å²) in [5.74, 6) is 0.289. The van der Waals surface area contributed by atoms with Gasteiger partial charge in [0.1, 0.15) is 5.75 Å². The Morgan fingerprint density at radius 1 is 0.368 bits per heavy atom. The fourth-order valence-corrected chi connectivity index (χ4v) is 6.64. The highest BCUT2D eigenvalue weighted by molar-refractivity contribution is 5.97. The standard InChI is InChI=1S/C37H24O/c38-32-18-15-28-20-31(17-14-29(28)21-32)37(30-16-13-24-7-1-2-8-25(24)19-30)35-12-6-5-11-33(35)34-22-26-9-3-4-10-27(26)23-36(34)37/h1-23,38H. The second-order valence-electron chi connectivity index (χ2n) is 10.3. The zero-order valence-corrected chi connectivity index (χ0v) is 20.7. The van der Waals surface area contributed by atoms with Gasteiger partial charge in [-0.2, -0.15) is 0 Å². The van der Waals surface area contributed by atoms with Crippen molar-refractivity contribution in [3.8, 4) is 16.9 Å². The van der Waals surface area contributed by atoms with E-state index < -0.39 is 5.41 Å². The molecule has 0 bridgehead atoms. The molecule has 0 heterocycles. The maximum absolute atomic E-state index is 10.1. The fourth-order valence-electron chi connectivity index (χ4n) is 6.64. The number of hydrogen-bond acceptors (Lipinski definition) is 1. The van der Waals surface area contributed by atoms with Crippen LogP contribution in [-0.2, 0) is 5.41 Å². The van der Waals surface area contributed by atoms with Crippen LogP contribution in [0.1, 0.15) is 22.3 Å². The smallest absolute Gasteiger partial charge is 0.116 e. The second kappa shape index (κ2) is 7.81. The number of benzene rings is 7. The molecular formula is C37H24O. The molecule has 38 heavy (non-hydrogen) atoms. The van der Waals surface area contributed by atoms with Gasteiger partial charge >= 0.3 is 0 Å². The summed E-state index contributed by atoms with van der Waals surface area (Å²) in [5, 5.41) is 17.2. The van der Waals surface area contributed by atoms with Crippen molar-refractivity contribution in [1.82, 2.24) is 0 Å². The van der Waals surface area contributed by atoms with Gasteiger partial charge in [0.05, 0.1) is 5.41 Å². The number of rotatable bonds is 2. The van der Waals surface area contributed by atoms with Gasteiger partial charge in [-0.25, -0.2) is 0 Å². The van der Waals surface area contributed by atoms with Crippen molar-refractivity contribution < 1.29 is 5.11 Å². The molecule has 8 rings (SSSR count). The van der Waals surface area contributed by atoms with Gasteiger partial charge in [0.25, 0.3) is 0 Å². The number of phenolic OH excluding ortho intramolecular Hbond substituents is 1. The van der Waals surface area contributed by atoms with Crippen LogP contribution in [0.2, 0.25) is 0 Å². The topological polar surface area (TPSA) is 20.2 Å². The Labute approximate surface area is 221 Å². The van der Waals surface area contributed by atoms with Crippen molar-refractivity contribution >= 4 is 32.3 Å². The van der Waals surface area contributed by atoms with Crippen LogP contribution < -0.4 is 0 Å². The summed E-state index contributed by atoms with van der Waals surface area (Å²) in [7, 11) is 0. The molecule has 1 unspecified atom stereocenters. The quantitative estimate of drug-likeness (QED) is 0.259. The van der Waals surface area contributed by atoms with Crippen LogP contribution in [0.15, 0.2) is 140 Å². The third-order valence-electron chi connectivity index (χ3n) is 8.35. The molecule has 1 aliphatic rings. The lowest BCUT2D eigenvalue weighted by atomic mass is 9.67. The number of phenols is 1. The van der Waals surface area contributed by atoms with Crippen LogP contribution in [0.25, 0.3) is 43.4 Å². The van der Waals surface area contributed by atoms with Crippen molar-refractivity contribution in [3.63, 3.8) is 0 Å². The van der Waals surface area contributed by atoms with E-state index in [9.17, 15) is 5.11 Å². The molecule has 0 aliphatic heterocycles. The number of fused-ring (bicyclic) bond motifs is 6. The highest BCUT2D eigenvalue weighted by atomic mass is 16.3. The molecule has 178 valence electrons. The largest absolute Gasteiger partial charge is 0.508 e. The average molecular weight is 485 g/mol. The van der Waals surface area contributed by atoms with E-state index in [1.54, 1.807) is 6.07 Å². The SMILES string of the molecule is Oc1ccc2cc(C3(c4ccc5ccccc5c4)c4ccccc4-c4cc5ccccc5cc43)ccc2c1. The molecule has 7 aromatic rings. The number of hydrogen-bond donors (Lipinski definition) is 1. The summed E-state index contributed by atoms with van der Waals surface area (Å²) in [5.41, 5.74) is 7.20. The predicted octanol–water partition coefficient (Wildman–Crippen LogP) is 9.21. The van der Waals surface area contributed by atoms with Gasteiger partial charge in [0, 0.05) is 0 Å². The Morgan fingerprint density at radius 3 is 1.66 bits per heavy atom. The first-order valence-electron chi connectivity index (χ1n) is 13.1. The Kier molecular flexibility index (Phi) is 4.36. The fraction of sp³-hybridized carbons (Fsp3) is 0.0270. The van der Waals surface area contributed by atoms with Gasteiger partial charge in [-0.1, -0.05) is 103 Å². The normalized spacial score (nSPS) is 16.1. The molecule has 0 amide bonds. The van der Waals surface area contributed by atoms with Crippen LogP contribution in [-0.4, -0.2) is 5.11 Å². The molecule has 0 aromatic heterocycles. The van der Waals surface area contributed by atoms with E-state index >= 15 is 0 Å². The van der Waals surface area contributed by atoms with Crippen LogP contribution in [0.3, 0.4) is 0 Å².